The Labute approximate surface area is 307 Å². The predicted octanol–water partition coefficient (Wildman–Crippen LogP) is 9.30. The summed E-state index contributed by atoms with van der Waals surface area (Å²) < 4.78 is 10.4. The van der Waals surface area contributed by atoms with Crippen molar-refractivity contribution in [1.29, 1.82) is 0 Å². The zero-order valence-electron chi connectivity index (χ0n) is 30.9. The Hall–Kier alpha value is -4.17. The van der Waals surface area contributed by atoms with E-state index in [0.29, 0.717) is 6.61 Å². The number of aryl methyl sites for hydroxylation is 2. The van der Waals surface area contributed by atoms with Gasteiger partial charge in [-0.1, -0.05) is 24.3 Å². The molecule has 0 saturated carbocycles. The number of rotatable bonds is 11. The Kier molecular flexibility index (Phi) is 10.6. The Balaban J connectivity index is 1.25. The van der Waals surface area contributed by atoms with Crippen LogP contribution in [0.25, 0.3) is 43.6 Å². The van der Waals surface area contributed by atoms with Gasteiger partial charge in [-0.3, -0.25) is 14.6 Å². The summed E-state index contributed by atoms with van der Waals surface area (Å²) in [6.07, 6.45) is 9.48. The van der Waals surface area contributed by atoms with Crippen molar-refractivity contribution in [3.8, 4) is 0 Å². The second-order valence-corrected chi connectivity index (χ2v) is 15.4. The molecule has 0 atom stereocenters. The number of aromatic nitrogens is 2. The van der Waals surface area contributed by atoms with E-state index in [-0.39, 0.29) is 12.6 Å². The number of esters is 1. The number of aliphatic hydroxyl groups is 1. The first-order valence-electron chi connectivity index (χ1n) is 19.8. The van der Waals surface area contributed by atoms with E-state index in [9.17, 15) is 9.90 Å². The Bertz CT molecular complexity index is 2060. The molecule has 0 spiro atoms. The van der Waals surface area contributed by atoms with Crippen molar-refractivity contribution in [2.45, 2.75) is 104 Å². The molecule has 10 heterocycles. The third-order valence-corrected chi connectivity index (χ3v) is 11.4. The van der Waals surface area contributed by atoms with Crippen LogP contribution in [0.3, 0.4) is 0 Å². The van der Waals surface area contributed by atoms with Gasteiger partial charge in [-0.15, -0.1) is 0 Å². The Morgan fingerprint density at radius 3 is 1.35 bits per heavy atom. The Morgan fingerprint density at radius 2 is 0.962 bits per heavy atom. The van der Waals surface area contributed by atoms with Gasteiger partial charge in [-0.2, -0.15) is 0 Å². The van der Waals surface area contributed by atoms with Crippen LogP contribution in [-0.2, 0) is 48.8 Å². The average Bonchev–Trinajstić information content (AvgIpc) is 3.61. The van der Waals surface area contributed by atoms with Crippen molar-refractivity contribution in [3.63, 3.8) is 0 Å². The van der Waals surface area contributed by atoms with Crippen molar-refractivity contribution >= 4 is 49.6 Å². The summed E-state index contributed by atoms with van der Waals surface area (Å²) in [6.45, 7) is 9.87. The molecule has 7 nitrogen and oxygen atoms in total. The maximum atomic E-state index is 11.3. The van der Waals surface area contributed by atoms with Crippen molar-refractivity contribution < 1.29 is 14.6 Å². The fraction of sp³-hybridized carbons (Fsp3) is 0.444. The van der Waals surface area contributed by atoms with Crippen LogP contribution in [0.1, 0.15) is 87.0 Å². The largest absolute Gasteiger partial charge is 0.466 e. The van der Waals surface area contributed by atoms with Gasteiger partial charge >= 0.3 is 5.97 Å². The smallest absolute Gasteiger partial charge is 0.302 e. The van der Waals surface area contributed by atoms with E-state index < -0.39 is 0 Å². The number of carbonyl (C=O) groups is 1. The maximum Gasteiger partial charge on any atom is 0.302 e. The molecule has 2 aromatic heterocycles. The third kappa shape index (κ3) is 7.50. The summed E-state index contributed by atoms with van der Waals surface area (Å²) in [7, 11) is 0. The van der Waals surface area contributed by atoms with Crippen LogP contribution in [0.15, 0.2) is 72.8 Å². The standard InChI is InChI=1S/C45H54N4O3/c1-33(51)52-24-10-4-6-20-47-31-36-13-17-44-40(27-36)38-25-34-11-15-42(38)48(44)21-7-2-8-22-49-43-16-12-35(30-46(29-34)19-5-3-9-23-50)26-39(43)41-28-37(32-47)14-18-45(41)49/h11-18,25-28,50H,2-10,19-24,29-32H2,1H3. The molecule has 4 aromatic carbocycles. The first-order valence-corrected chi connectivity index (χ1v) is 19.8. The molecule has 0 radical (unpaired) electrons. The molecular formula is C45H54N4O3. The molecule has 0 saturated heterocycles. The summed E-state index contributed by atoms with van der Waals surface area (Å²) in [5.41, 5.74) is 10.8. The van der Waals surface area contributed by atoms with E-state index in [4.69, 9.17) is 4.74 Å². The molecule has 14 rings (SSSR count). The van der Waals surface area contributed by atoms with Gasteiger partial charge in [0.15, 0.2) is 0 Å². The lowest BCUT2D eigenvalue weighted by Gasteiger charge is -2.23. The van der Waals surface area contributed by atoms with Gasteiger partial charge < -0.3 is 19.0 Å². The van der Waals surface area contributed by atoms with Gasteiger partial charge in [0.1, 0.15) is 0 Å². The number of ether oxygens (including phenoxy) is 1. The molecule has 7 heteroatoms. The molecular weight excluding hydrogens is 645 g/mol. The first-order chi connectivity index (χ1) is 25.5. The van der Waals surface area contributed by atoms with Crippen molar-refractivity contribution in [1.82, 2.24) is 18.9 Å². The fourth-order valence-electron chi connectivity index (χ4n) is 8.90. The van der Waals surface area contributed by atoms with E-state index >= 15 is 0 Å². The van der Waals surface area contributed by atoms with Crippen LogP contribution in [0.4, 0.5) is 0 Å². The highest BCUT2D eigenvalue weighted by molar-refractivity contribution is 6.09. The van der Waals surface area contributed by atoms with Crippen LogP contribution in [0, 0.1) is 0 Å². The second kappa shape index (κ2) is 15.8. The number of unbranched alkanes of at least 4 members (excludes halogenated alkanes) is 4. The zero-order valence-corrected chi connectivity index (χ0v) is 30.9. The van der Waals surface area contributed by atoms with Crippen LogP contribution >= 0.6 is 0 Å². The minimum Gasteiger partial charge on any atom is -0.466 e. The highest BCUT2D eigenvalue weighted by Gasteiger charge is 2.19. The molecule has 52 heavy (non-hydrogen) atoms. The molecule has 0 aliphatic carbocycles. The van der Waals surface area contributed by atoms with Crippen LogP contribution in [0.5, 0.6) is 0 Å². The number of fused-ring (bicyclic) bond motifs is 1. The van der Waals surface area contributed by atoms with Crippen molar-refractivity contribution in [3.05, 3.63) is 95.1 Å². The van der Waals surface area contributed by atoms with Crippen molar-refractivity contribution in [2.24, 2.45) is 0 Å². The predicted molar refractivity (Wildman–Crippen MR) is 212 cm³/mol. The van der Waals surface area contributed by atoms with E-state index in [1.165, 1.54) is 79.2 Å². The first kappa shape index (κ1) is 34.9. The monoisotopic (exact) mass is 698 g/mol. The van der Waals surface area contributed by atoms with Crippen LogP contribution in [0.2, 0.25) is 0 Å². The summed E-state index contributed by atoms with van der Waals surface area (Å²) in [5, 5.41) is 14.9. The van der Waals surface area contributed by atoms with Crippen LogP contribution < -0.4 is 0 Å². The van der Waals surface area contributed by atoms with Gasteiger partial charge in [-0.05, 0) is 142 Å². The number of benzene rings is 4. The highest BCUT2D eigenvalue weighted by atomic mass is 16.5. The lowest BCUT2D eigenvalue weighted by molar-refractivity contribution is -0.141. The molecule has 14 bridgehead atoms. The number of carbonyl (C=O) groups excluding carboxylic acids is 1. The lowest BCUT2D eigenvalue weighted by Crippen LogP contribution is -2.24. The van der Waals surface area contributed by atoms with Crippen molar-refractivity contribution in [2.75, 3.05) is 26.3 Å². The van der Waals surface area contributed by atoms with Gasteiger partial charge in [0, 0.05) is 96.4 Å². The maximum absolute atomic E-state index is 11.3. The lowest BCUT2D eigenvalue weighted by atomic mass is 10.0. The topological polar surface area (TPSA) is 62.9 Å². The van der Waals surface area contributed by atoms with Gasteiger partial charge in [-0.25, -0.2) is 0 Å². The number of aliphatic hydroxyl groups excluding tert-OH is 1. The zero-order chi connectivity index (χ0) is 35.4. The average molecular weight is 699 g/mol. The molecule has 0 fully saturated rings. The van der Waals surface area contributed by atoms with Gasteiger partial charge in [0.05, 0.1) is 6.61 Å². The summed E-state index contributed by atoms with van der Waals surface area (Å²) in [6, 6.07) is 28.9. The molecule has 0 amide bonds. The molecule has 8 aliphatic rings. The van der Waals surface area contributed by atoms with Gasteiger partial charge in [0.25, 0.3) is 0 Å². The SMILES string of the molecule is CC(=O)OCCCCCN1Cc2ccc3c(c2)c2cc4ccc2n3CCCCCn2c3ccc(cc3c3cc(ccc32)C1)CN(CCCCCO)C4. The Morgan fingerprint density at radius 1 is 0.558 bits per heavy atom. The van der Waals surface area contributed by atoms with Gasteiger partial charge in [0.2, 0.25) is 0 Å². The minimum atomic E-state index is -0.196. The molecule has 1 N–H and O–H groups in total. The normalized spacial score (nSPS) is 15.9. The second-order valence-electron chi connectivity index (χ2n) is 15.4. The highest BCUT2D eigenvalue weighted by Crippen LogP contribution is 2.35. The van der Waals surface area contributed by atoms with E-state index in [1.54, 1.807) is 0 Å². The number of nitrogens with zero attached hydrogens (tertiary/aromatic N) is 4. The third-order valence-electron chi connectivity index (χ3n) is 11.4. The molecule has 0 unspecified atom stereocenters. The fourth-order valence-corrected chi connectivity index (χ4v) is 8.90. The quantitative estimate of drug-likeness (QED) is 0.108. The summed E-state index contributed by atoms with van der Waals surface area (Å²) in [4.78, 5) is 16.5. The summed E-state index contributed by atoms with van der Waals surface area (Å²) in [5.74, 6) is -0.196. The molecule has 272 valence electrons. The minimum absolute atomic E-state index is 0.196. The van der Waals surface area contributed by atoms with E-state index in [2.05, 4.69) is 91.7 Å². The molecule has 8 aliphatic heterocycles. The van der Waals surface area contributed by atoms with Crippen LogP contribution in [-0.4, -0.2) is 56.3 Å². The number of hydrogen-bond acceptors (Lipinski definition) is 5. The summed E-state index contributed by atoms with van der Waals surface area (Å²) >= 11 is 0. The van der Waals surface area contributed by atoms with E-state index in [0.717, 1.165) is 104 Å². The van der Waals surface area contributed by atoms with E-state index in [1.807, 2.05) is 0 Å². The number of hydrogen-bond donors (Lipinski definition) is 1. The molecule has 6 aromatic rings.